The number of hydrogen-bond donors (Lipinski definition) is 2. The summed E-state index contributed by atoms with van der Waals surface area (Å²) in [7, 11) is 0. The van der Waals surface area contributed by atoms with Crippen LogP contribution in [0.15, 0.2) is 18.2 Å². The van der Waals surface area contributed by atoms with Gasteiger partial charge in [-0.15, -0.1) is 0 Å². The SMILES string of the molecule is O=C1CCc2cc(C(=O)N3CCC(O)C3)ccc2N1. The molecule has 1 unspecified atom stereocenters. The Hall–Kier alpha value is -1.88. The average molecular weight is 260 g/mol. The summed E-state index contributed by atoms with van der Waals surface area (Å²) in [4.78, 5) is 25.2. The number of nitrogens with one attached hydrogen (secondary N) is 1. The molecule has 2 heterocycles. The average Bonchev–Trinajstić information content (AvgIpc) is 2.84. The van der Waals surface area contributed by atoms with Crippen molar-refractivity contribution < 1.29 is 14.7 Å². The zero-order chi connectivity index (χ0) is 13.4. The molecule has 5 heteroatoms. The Bertz CT molecular complexity index is 541. The van der Waals surface area contributed by atoms with E-state index >= 15 is 0 Å². The van der Waals surface area contributed by atoms with Gasteiger partial charge < -0.3 is 15.3 Å². The largest absolute Gasteiger partial charge is 0.391 e. The Kier molecular flexibility index (Phi) is 2.98. The molecule has 0 saturated carbocycles. The molecule has 0 bridgehead atoms. The first-order valence-electron chi connectivity index (χ1n) is 6.53. The highest BCUT2D eigenvalue weighted by Gasteiger charge is 2.26. The third-order valence-corrected chi connectivity index (χ3v) is 3.70. The lowest BCUT2D eigenvalue weighted by atomic mass is 10.00. The second-order valence-electron chi connectivity index (χ2n) is 5.11. The van der Waals surface area contributed by atoms with Gasteiger partial charge in [-0.3, -0.25) is 9.59 Å². The van der Waals surface area contributed by atoms with Crippen LogP contribution < -0.4 is 5.32 Å². The maximum absolute atomic E-state index is 12.3. The number of hydrogen-bond acceptors (Lipinski definition) is 3. The Morgan fingerprint density at radius 3 is 2.95 bits per heavy atom. The summed E-state index contributed by atoms with van der Waals surface area (Å²) in [5, 5.41) is 12.3. The summed E-state index contributed by atoms with van der Waals surface area (Å²) in [5.41, 5.74) is 2.43. The third-order valence-electron chi connectivity index (χ3n) is 3.70. The van der Waals surface area contributed by atoms with Gasteiger partial charge >= 0.3 is 0 Å². The highest BCUT2D eigenvalue weighted by atomic mass is 16.3. The van der Waals surface area contributed by atoms with Crippen molar-refractivity contribution in [3.05, 3.63) is 29.3 Å². The summed E-state index contributed by atoms with van der Waals surface area (Å²) in [6, 6.07) is 5.37. The van der Waals surface area contributed by atoms with Gasteiger partial charge in [-0.25, -0.2) is 0 Å². The van der Waals surface area contributed by atoms with E-state index in [1.807, 2.05) is 6.07 Å². The maximum Gasteiger partial charge on any atom is 0.253 e. The number of anilines is 1. The Labute approximate surface area is 111 Å². The van der Waals surface area contributed by atoms with Crippen molar-refractivity contribution in [2.75, 3.05) is 18.4 Å². The fourth-order valence-electron chi connectivity index (χ4n) is 2.63. The van der Waals surface area contributed by atoms with Crippen molar-refractivity contribution in [2.24, 2.45) is 0 Å². The molecule has 0 aromatic heterocycles. The molecule has 1 atom stereocenters. The van der Waals surface area contributed by atoms with Crippen LogP contribution in [0.3, 0.4) is 0 Å². The van der Waals surface area contributed by atoms with Gasteiger partial charge in [0, 0.05) is 30.8 Å². The lowest BCUT2D eigenvalue weighted by molar-refractivity contribution is -0.116. The molecule has 1 aromatic rings. The highest BCUT2D eigenvalue weighted by Crippen LogP contribution is 2.24. The Balaban J connectivity index is 1.82. The van der Waals surface area contributed by atoms with Gasteiger partial charge in [0.2, 0.25) is 5.91 Å². The zero-order valence-corrected chi connectivity index (χ0v) is 10.6. The summed E-state index contributed by atoms with van der Waals surface area (Å²) in [6.45, 7) is 1.01. The van der Waals surface area contributed by atoms with E-state index in [9.17, 15) is 14.7 Å². The number of rotatable bonds is 1. The van der Waals surface area contributed by atoms with Crippen LogP contribution in [0.4, 0.5) is 5.69 Å². The fourth-order valence-corrected chi connectivity index (χ4v) is 2.63. The van der Waals surface area contributed by atoms with Gasteiger partial charge in [0.1, 0.15) is 0 Å². The van der Waals surface area contributed by atoms with Gasteiger partial charge in [-0.2, -0.15) is 0 Å². The van der Waals surface area contributed by atoms with Gasteiger partial charge in [-0.1, -0.05) is 0 Å². The van der Waals surface area contributed by atoms with Crippen molar-refractivity contribution in [1.82, 2.24) is 4.90 Å². The second-order valence-corrected chi connectivity index (χ2v) is 5.11. The third kappa shape index (κ3) is 2.33. The number of β-amino-alcohol motifs (C(OH)–C–C–N with tert-alkyl or cyclic N) is 1. The first-order valence-corrected chi connectivity index (χ1v) is 6.53. The van der Waals surface area contributed by atoms with Crippen molar-refractivity contribution in [1.29, 1.82) is 0 Å². The number of fused-ring (bicyclic) bond motifs is 1. The molecule has 2 N–H and O–H groups in total. The van der Waals surface area contributed by atoms with Gasteiger partial charge in [-0.05, 0) is 36.6 Å². The van der Waals surface area contributed by atoms with E-state index in [1.165, 1.54) is 0 Å². The highest BCUT2D eigenvalue weighted by molar-refractivity contribution is 5.98. The first kappa shape index (κ1) is 12.2. The normalized spacial score (nSPS) is 22.1. The minimum atomic E-state index is -0.402. The molecular formula is C14H16N2O3. The lowest BCUT2D eigenvalue weighted by Gasteiger charge is -2.19. The maximum atomic E-state index is 12.3. The fraction of sp³-hybridized carbons (Fsp3) is 0.429. The van der Waals surface area contributed by atoms with Crippen LogP contribution in [0.2, 0.25) is 0 Å². The molecule has 1 aromatic carbocycles. The molecule has 0 aliphatic carbocycles. The predicted molar refractivity (Wildman–Crippen MR) is 69.9 cm³/mol. The molecule has 0 spiro atoms. The van der Waals surface area contributed by atoms with Crippen LogP contribution in [-0.2, 0) is 11.2 Å². The van der Waals surface area contributed by atoms with E-state index in [1.54, 1.807) is 17.0 Å². The van der Waals surface area contributed by atoms with Gasteiger partial charge in [0.15, 0.2) is 0 Å². The molecule has 1 fully saturated rings. The standard InChI is InChI=1S/C14H16N2O3/c17-11-5-6-16(8-11)14(19)10-1-3-12-9(7-10)2-4-13(18)15-12/h1,3,7,11,17H,2,4-6,8H2,(H,15,18). The molecule has 5 nitrogen and oxygen atoms in total. The van der Waals surface area contributed by atoms with Crippen LogP contribution in [0.5, 0.6) is 0 Å². The number of aliphatic hydroxyl groups excluding tert-OH is 1. The van der Waals surface area contributed by atoms with Crippen molar-refractivity contribution in [3.8, 4) is 0 Å². The van der Waals surface area contributed by atoms with E-state index in [0.717, 1.165) is 11.3 Å². The molecular weight excluding hydrogens is 244 g/mol. The molecule has 0 radical (unpaired) electrons. The molecule has 2 aliphatic heterocycles. The number of nitrogens with zero attached hydrogens (tertiary/aromatic N) is 1. The van der Waals surface area contributed by atoms with Crippen molar-refractivity contribution >= 4 is 17.5 Å². The van der Waals surface area contributed by atoms with Crippen molar-refractivity contribution in [3.63, 3.8) is 0 Å². The van der Waals surface area contributed by atoms with Crippen molar-refractivity contribution in [2.45, 2.75) is 25.4 Å². The van der Waals surface area contributed by atoms with E-state index in [2.05, 4.69) is 5.32 Å². The number of carbonyl (C=O) groups is 2. The minimum absolute atomic E-state index is 0.0224. The molecule has 3 rings (SSSR count). The second kappa shape index (κ2) is 4.66. The molecule has 2 aliphatic rings. The Morgan fingerprint density at radius 1 is 1.37 bits per heavy atom. The zero-order valence-electron chi connectivity index (χ0n) is 10.6. The van der Waals surface area contributed by atoms with Crippen LogP contribution in [0.1, 0.15) is 28.8 Å². The summed E-state index contributed by atoms with van der Waals surface area (Å²) in [6.07, 6.45) is 1.38. The number of carbonyl (C=O) groups excluding carboxylic acids is 2. The lowest BCUT2D eigenvalue weighted by Crippen LogP contribution is -2.30. The van der Waals surface area contributed by atoms with E-state index in [0.29, 0.717) is 37.9 Å². The number of likely N-dealkylation sites (tertiary alicyclic amines) is 1. The number of amides is 2. The van der Waals surface area contributed by atoms with E-state index in [4.69, 9.17) is 0 Å². The molecule has 100 valence electrons. The summed E-state index contributed by atoms with van der Waals surface area (Å²) in [5.74, 6) is -0.0227. The molecule has 2 amide bonds. The van der Waals surface area contributed by atoms with E-state index < -0.39 is 6.10 Å². The van der Waals surface area contributed by atoms with Crippen LogP contribution in [0, 0.1) is 0 Å². The Morgan fingerprint density at radius 2 is 2.21 bits per heavy atom. The number of benzene rings is 1. The predicted octanol–water partition coefficient (Wildman–Crippen LogP) is 0.778. The van der Waals surface area contributed by atoms with E-state index in [-0.39, 0.29) is 11.8 Å². The number of aryl methyl sites for hydroxylation is 1. The van der Waals surface area contributed by atoms with Crippen LogP contribution >= 0.6 is 0 Å². The quantitative estimate of drug-likeness (QED) is 0.784. The molecule has 19 heavy (non-hydrogen) atoms. The number of aliphatic hydroxyl groups is 1. The van der Waals surface area contributed by atoms with Gasteiger partial charge in [0.25, 0.3) is 5.91 Å². The van der Waals surface area contributed by atoms with Crippen LogP contribution in [-0.4, -0.2) is 41.0 Å². The first-order chi connectivity index (χ1) is 9.13. The minimum Gasteiger partial charge on any atom is -0.391 e. The smallest absolute Gasteiger partial charge is 0.253 e. The monoisotopic (exact) mass is 260 g/mol. The summed E-state index contributed by atoms with van der Waals surface area (Å²) < 4.78 is 0. The summed E-state index contributed by atoms with van der Waals surface area (Å²) >= 11 is 0. The van der Waals surface area contributed by atoms with Gasteiger partial charge in [0.05, 0.1) is 6.10 Å². The topological polar surface area (TPSA) is 69.6 Å². The molecule has 1 saturated heterocycles. The van der Waals surface area contributed by atoms with Crippen LogP contribution in [0.25, 0.3) is 0 Å².